The van der Waals surface area contributed by atoms with Gasteiger partial charge in [-0.1, -0.05) is 17.7 Å². The van der Waals surface area contributed by atoms with Gasteiger partial charge in [-0.15, -0.1) is 0 Å². The molecule has 1 unspecified atom stereocenters. The maximum absolute atomic E-state index is 13.3. The molecule has 1 aromatic carbocycles. The van der Waals surface area contributed by atoms with Crippen LogP contribution in [0.5, 0.6) is 0 Å². The molecular formula is C13H18ClFN2O. The Hall–Kier alpha value is -0.680. The van der Waals surface area contributed by atoms with Crippen molar-refractivity contribution >= 4 is 11.6 Å². The molecule has 1 aromatic rings. The van der Waals surface area contributed by atoms with Crippen molar-refractivity contribution < 1.29 is 9.13 Å². The number of likely N-dealkylation sites (N-methyl/N-ethyl adjacent to an activating group) is 1. The van der Waals surface area contributed by atoms with Gasteiger partial charge in [-0.25, -0.2) is 4.39 Å². The Balaban J connectivity index is 1.93. The molecule has 1 atom stereocenters. The molecule has 18 heavy (non-hydrogen) atoms. The molecule has 1 aliphatic heterocycles. The SMILES string of the molecule is CNCC1CN(Cc2ccc(Cl)c(F)c2)CCO1. The van der Waals surface area contributed by atoms with Crippen LogP contribution in [0.4, 0.5) is 4.39 Å². The summed E-state index contributed by atoms with van der Waals surface area (Å²) in [6, 6.07) is 4.98. The monoisotopic (exact) mass is 272 g/mol. The molecular weight excluding hydrogens is 255 g/mol. The third-order valence-electron chi connectivity index (χ3n) is 3.04. The van der Waals surface area contributed by atoms with Gasteiger partial charge in [0.2, 0.25) is 0 Å². The standard InChI is InChI=1S/C13H18ClFN2O/c1-16-7-11-9-17(4-5-18-11)8-10-2-3-12(14)13(15)6-10/h2-3,6,11,16H,4-5,7-9H2,1H3. The highest BCUT2D eigenvalue weighted by Gasteiger charge is 2.19. The van der Waals surface area contributed by atoms with Crippen molar-refractivity contribution in [1.82, 2.24) is 10.2 Å². The third-order valence-corrected chi connectivity index (χ3v) is 3.35. The smallest absolute Gasteiger partial charge is 0.142 e. The van der Waals surface area contributed by atoms with Crippen LogP contribution < -0.4 is 5.32 Å². The lowest BCUT2D eigenvalue weighted by atomic mass is 10.2. The molecule has 1 heterocycles. The van der Waals surface area contributed by atoms with Crippen molar-refractivity contribution in [2.45, 2.75) is 12.6 Å². The van der Waals surface area contributed by atoms with Gasteiger partial charge in [0.05, 0.1) is 17.7 Å². The predicted octanol–water partition coefficient (Wildman–Crippen LogP) is 1.90. The number of benzene rings is 1. The van der Waals surface area contributed by atoms with Crippen molar-refractivity contribution in [3.63, 3.8) is 0 Å². The second-order valence-corrected chi connectivity index (χ2v) is 4.94. The lowest BCUT2D eigenvalue weighted by molar-refractivity contribution is -0.0291. The summed E-state index contributed by atoms with van der Waals surface area (Å²) in [6.07, 6.45) is 0.209. The van der Waals surface area contributed by atoms with Crippen LogP contribution in [0, 0.1) is 5.82 Å². The van der Waals surface area contributed by atoms with E-state index in [0.29, 0.717) is 0 Å². The molecule has 5 heteroatoms. The van der Waals surface area contributed by atoms with E-state index in [2.05, 4.69) is 10.2 Å². The lowest BCUT2D eigenvalue weighted by Crippen LogP contribution is -2.45. The molecule has 0 aromatic heterocycles. The van der Waals surface area contributed by atoms with Crippen LogP contribution in [0.1, 0.15) is 5.56 Å². The van der Waals surface area contributed by atoms with Gasteiger partial charge in [-0.05, 0) is 24.7 Å². The maximum Gasteiger partial charge on any atom is 0.142 e. The Morgan fingerprint density at radius 2 is 2.39 bits per heavy atom. The van der Waals surface area contributed by atoms with Crippen LogP contribution in [-0.2, 0) is 11.3 Å². The van der Waals surface area contributed by atoms with E-state index in [0.717, 1.165) is 38.3 Å². The summed E-state index contributed by atoms with van der Waals surface area (Å²) in [4.78, 5) is 2.27. The highest BCUT2D eigenvalue weighted by atomic mass is 35.5. The molecule has 0 aliphatic carbocycles. The van der Waals surface area contributed by atoms with E-state index in [4.69, 9.17) is 16.3 Å². The van der Waals surface area contributed by atoms with Crippen molar-refractivity contribution in [2.24, 2.45) is 0 Å². The summed E-state index contributed by atoms with van der Waals surface area (Å²) in [6.45, 7) is 4.04. The molecule has 0 radical (unpaired) electrons. The minimum absolute atomic E-state index is 0.175. The van der Waals surface area contributed by atoms with E-state index in [1.165, 1.54) is 6.07 Å². The molecule has 1 aliphatic rings. The average Bonchev–Trinajstić information content (AvgIpc) is 2.35. The van der Waals surface area contributed by atoms with E-state index < -0.39 is 0 Å². The molecule has 1 fully saturated rings. The summed E-state index contributed by atoms with van der Waals surface area (Å²) >= 11 is 5.67. The van der Waals surface area contributed by atoms with Gasteiger partial charge in [0.1, 0.15) is 5.82 Å². The fourth-order valence-electron chi connectivity index (χ4n) is 2.17. The number of nitrogens with one attached hydrogen (secondary N) is 1. The zero-order chi connectivity index (χ0) is 13.0. The van der Waals surface area contributed by atoms with E-state index in [1.807, 2.05) is 13.1 Å². The van der Waals surface area contributed by atoms with Crippen molar-refractivity contribution in [2.75, 3.05) is 33.3 Å². The first-order valence-electron chi connectivity index (χ1n) is 6.11. The Kier molecular flexibility index (Phi) is 4.95. The molecule has 1 N–H and O–H groups in total. The van der Waals surface area contributed by atoms with E-state index in [9.17, 15) is 4.39 Å². The van der Waals surface area contributed by atoms with Crippen LogP contribution in [-0.4, -0.2) is 44.3 Å². The number of nitrogens with zero attached hydrogens (tertiary/aromatic N) is 1. The summed E-state index contributed by atoms with van der Waals surface area (Å²) < 4.78 is 19.0. The molecule has 0 amide bonds. The number of halogens is 2. The van der Waals surface area contributed by atoms with Gasteiger partial charge in [0, 0.05) is 26.2 Å². The first kappa shape index (κ1) is 13.7. The first-order valence-corrected chi connectivity index (χ1v) is 6.49. The zero-order valence-corrected chi connectivity index (χ0v) is 11.2. The van der Waals surface area contributed by atoms with Crippen molar-refractivity contribution in [3.8, 4) is 0 Å². The van der Waals surface area contributed by atoms with E-state index >= 15 is 0 Å². The van der Waals surface area contributed by atoms with E-state index in [-0.39, 0.29) is 16.9 Å². The number of rotatable bonds is 4. The minimum atomic E-state index is -0.353. The van der Waals surface area contributed by atoms with Gasteiger partial charge < -0.3 is 10.1 Å². The Morgan fingerprint density at radius 3 is 3.11 bits per heavy atom. The fraction of sp³-hybridized carbons (Fsp3) is 0.538. The Morgan fingerprint density at radius 1 is 1.56 bits per heavy atom. The van der Waals surface area contributed by atoms with E-state index in [1.54, 1.807) is 6.07 Å². The van der Waals surface area contributed by atoms with Crippen LogP contribution in [0.2, 0.25) is 5.02 Å². The topological polar surface area (TPSA) is 24.5 Å². The molecule has 0 saturated carbocycles. The average molecular weight is 273 g/mol. The highest BCUT2D eigenvalue weighted by Crippen LogP contribution is 2.17. The zero-order valence-electron chi connectivity index (χ0n) is 10.5. The van der Waals surface area contributed by atoms with Crippen molar-refractivity contribution in [3.05, 3.63) is 34.6 Å². The molecule has 3 nitrogen and oxygen atoms in total. The highest BCUT2D eigenvalue weighted by molar-refractivity contribution is 6.30. The second kappa shape index (κ2) is 6.48. The summed E-state index contributed by atoms with van der Waals surface area (Å²) in [5.41, 5.74) is 0.946. The Labute approximate surface area is 112 Å². The van der Waals surface area contributed by atoms with Gasteiger partial charge in [-0.2, -0.15) is 0 Å². The summed E-state index contributed by atoms with van der Waals surface area (Å²) in [7, 11) is 1.91. The second-order valence-electron chi connectivity index (χ2n) is 4.53. The predicted molar refractivity (Wildman–Crippen MR) is 70.4 cm³/mol. The van der Waals surface area contributed by atoms with Gasteiger partial charge in [0.15, 0.2) is 0 Å². The van der Waals surface area contributed by atoms with Gasteiger partial charge in [-0.3, -0.25) is 4.90 Å². The van der Waals surface area contributed by atoms with Crippen LogP contribution in [0.25, 0.3) is 0 Å². The summed E-state index contributed by atoms with van der Waals surface area (Å²) in [5.74, 6) is -0.353. The third kappa shape index (κ3) is 3.65. The Bertz CT molecular complexity index is 401. The molecule has 2 rings (SSSR count). The molecule has 100 valence electrons. The number of hydrogen-bond acceptors (Lipinski definition) is 3. The first-order chi connectivity index (χ1) is 8.69. The quantitative estimate of drug-likeness (QED) is 0.906. The van der Waals surface area contributed by atoms with Crippen LogP contribution >= 0.6 is 11.6 Å². The lowest BCUT2D eigenvalue weighted by Gasteiger charge is -2.32. The molecule has 0 bridgehead atoms. The number of ether oxygens (including phenoxy) is 1. The number of hydrogen-bond donors (Lipinski definition) is 1. The molecule has 1 saturated heterocycles. The maximum atomic E-state index is 13.3. The minimum Gasteiger partial charge on any atom is -0.374 e. The number of morpholine rings is 1. The van der Waals surface area contributed by atoms with Gasteiger partial charge in [0.25, 0.3) is 0 Å². The normalized spacial score (nSPS) is 21.2. The molecule has 0 spiro atoms. The van der Waals surface area contributed by atoms with Crippen LogP contribution in [0.15, 0.2) is 18.2 Å². The fourth-order valence-corrected chi connectivity index (χ4v) is 2.29. The summed E-state index contributed by atoms with van der Waals surface area (Å²) in [5, 5.41) is 3.28. The van der Waals surface area contributed by atoms with Crippen molar-refractivity contribution in [1.29, 1.82) is 0 Å². The van der Waals surface area contributed by atoms with Gasteiger partial charge >= 0.3 is 0 Å². The largest absolute Gasteiger partial charge is 0.374 e. The van der Waals surface area contributed by atoms with Crippen LogP contribution in [0.3, 0.4) is 0 Å².